The lowest BCUT2D eigenvalue weighted by molar-refractivity contribution is -0.229. The SMILES string of the molecule is C=CCO[C@@H]1[C@H]2OC(C)(C)O[C@H]2O[C@@H]1[C@H](O)Cn1c(=O)n(C[C@@H](O)[C@H]2OC3OC(C)(C)OC3[C@H]2OCC=C)c2ccc(C)cc21. The molecule has 4 saturated heterocycles. The monoisotopic (exact) mass is 632 g/mol. The van der Waals surface area contributed by atoms with Crippen LogP contribution in [0, 0.1) is 6.92 Å². The lowest BCUT2D eigenvalue weighted by atomic mass is 10.1. The van der Waals surface area contributed by atoms with E-state index in [9.17, 15) is 15.0 Å². The van der Waals surface area contributed by atoms with E-state index in [1.54, 1.807) is 39.8 Å². The summed E-state index contributed by atoms with van der Waals surface area (Å²) in [6, 6.07) is 5.58. The number of rotatable bonds is 12. The average Bonchev–Trinajstić information content (AvgIpc) is 3.70. The van der Waals surface area contributed by atoms with Crippen molar-refractivity contribution < 1.29 is 48.1 Å². The van der Waals surface area contributed by atoms with Crippen molar-refractivity contribution in [3.63, 3.8) is 0 Å². The summed E-state index contributed by atoms with van der Waals surface area (Å²) in [5, 5.41) is 23.0. The van der Waals surface area contributed by atoms with Crippen LogP contribution in [0.1, 0.15) is 33.3 Å². The highest BCUT2D eigenvalue weighted by molar-refractivity contribution is 5.77. The Hall–Kier alpha value is -2.43. The molecule has 45 heavy (non-hydrogen) atoms. The summed E-state index contributed by atoms with van der Waals surface area (Å²) < 4.78 is 50.9. The van der Waals surface area contributed by atoms with Gasteiger partial charge in [0.15, 0.2) is 24.2 Å². The maximum Gasteiger partial charge on any atom is 0.329 e. The topological polar surface area (TPSA) is 141 Å². The Labute approximate surface area is 261 Å². The third-order valence-corrected chi connectivity index (χ3v) is 8.54. The number of hydrogen-bond donors (Lipinski definition) is 2. The van der Waals surface area contributed by atoms with Gasteiger partial charge in [-0.05, 0) is 52.3 Å². The number of benzene rings is 1. The van der Waals surface area contributed by atoms with E-state index in [4.69, 9.17) is 37.9 Å². The highest BCUT2D eigenvalue weighted by Gasteiger charge is 2.58. The van der Waals surface area contributed by atoms with Crippen LogP contribution < -0.4 is 5.69 Å². The quantitative estimate of drug-likeness (QED) is 0.331. The van der Waals surface area contributed by atoms with Gasteiger partial charge in [0.05, 0.1) is 37.3 Å². The van der Waals surface area contributed by atoms with E-state index in [0.29, 0.717) is 11.0 Å². The molecule has 248 valence electrons. The molecule has 5 heterocycles. The minimum atomic E-state index is -1.16. The molecule has 2 N–H and O–H groups in total. The van der Waals surface area contributed by atoms with Crippen LogP contribution in [-0.4, -0.2) is 106 Å². The number of aliphatic hydroxyl groups is 2. The third-order valence-electron chi connectivity index (χ3n) is 8.54. The fourth-order valence-electron chi connectivity index (χ4n) is 6.73. The Morgan fingerprint density at radius 2 is 1.29 bits per heavy atom. The maximum atomic E-state index is 14.0. The largest absolute Gasteiger partial charge is 0.388 e. The summed E-state index contributed by atoms with van der Waals surface area (Å²) in [5.74, 6) is -1.73. The van der Waals surface area contributed by atoms with Crippen LogP contribution in [0.15, 0.2) is 48.3 Å². The molecule has 0 spiro atoms. The first-order chi connectivity index (χ1) is 21.3. The summed E-state index contributed by atoms with van der Waals surface area (Å²) in [5.41, 5.74) is 1.69. The third kappa shape index (κ3) is 6.19. The number of hydrogen-bond acceptors (Lipinski definition) is 11. The molecule has 0 aliphatic carbocycles. The standard InChI is InChI=1S/C32H44N2O11/c1-8-12-38-24-22(40-28-26(24)42-31(4,5)44-28)20(35)15-33-18-11-10-17(3)14-19(18)34(30(33)37)16-21(36)23-25(39-13-9-2)27-29(41-23)45-32(6,7)43-27/h8-11,14,20-29,35-36H,1-2,12-13,15-16H2,3-7H3/t20-,21-,22-,23-,24+,25+,26?,27-,28?,29-/m1/s1. The van der Waals surface area contributed by atoms with Crippen LogP contribution in [0.4, 0.5) is 0 Å². The molecular weight excluding hydrogens is 588 g/mol. The maximum absolute atomic E-state index is 14.0. The van der Waals surface area contributed by atoms with Crippen LogP contribution >= 0.6 is 0 Å². The van der Waals surface area contributed by atoms with E-state index in [1.807, 2.05) is 25.1 Å². The molecule has 4 aliphatic heterocycles. The molecule has 4 fully saturated rings. The first-order valence-electron chi connectivity index (χ1n) is 15.4. The molecule has 1 aromatic carbocycles. The lowest BCUT2D eigenvalue weighted by Crippen LogP contribution is -2.46. The van der Waals surface area contributed by atoms with Gasteiger partial charge in [0.25, 0.3) is 0 Å². The Morgan fingerprint density at radius 1 is 0.822 bits per heavy atom. The number of imidazole rings is 1. The van der Waals surface area contributed by atoms with Gasteiger partial charge >= 0.3 is 5.69 Å². The normalized spacial score (nSPS) is 34.6. The lowest BCUT2D eigenvalue weighted by Gasteiger charge is -2.28. The first-order valence-corrected chi connectivity index (χ1v) is 15.4. The average molecular weight is 633 g/mol. The van der Waals surface area contributed by atoms with Crippen molar-refractivity contribution in [1.29, 1.82) is 0 Å². The van der Waals surface area contributed by atoms with Crippen molar-refractivity contribution in [2.45, 2.75) is 121 Å². The molecule has 10 atom stereocenters. The van der Waals surface area contributed by atoms with Crippen molar-refractivity contribution in [2.75, 3.05) is 13.2 Å². The second kappa shape index (κ2) is 12.3. The zero-order valence-electron chi connectivity index (χ0n) is 26.4. The van der Waals surface area contributed by atoms with Crippen LogP contribution in [0.2, 0.25) is 0 Å². The number of fused-ring (bicyclic) bond motifs is 3. The van der Waals surface area contributed by atoms with Crippen LogP contribution in [0.3, 0.4) is 0 Å². The Kier molecular flexibility index (Phi) is 8.89. The van der Waals surface area contributed by atoms with Crippen molar-refractivity contribution in [2.24, 2.45) is 0 Å². The van der Waals surface area contributed by atoms with Gasteiger partial charge in [-0.3, -0.25) is 9.13 Å². The zero-order chi connectivity index (χ0) is 32.3. The second-order valence-corrected chi connectivity index (χ2v) is 12.9. The number of ether oxygens (including phenoxy) is 8. The van der Waals surface area contributed by atoms with Crippen molar-refractivity contribution in [3.8, 4) is 0 Å². The summed E-state index contributed by atoms with van der Waals surface area (Å²) in [6.45, 7) is 16.7. The molecular formula is C32H44N2O11. The smallest absolute Gasteiger partial charge is 0.329 e. The van der Waals surface area contributed by atoms with Crippen LogP contribution in [0.25, 0.3) is 11.0 Å². The Morgan fingerprint density at radius 3 is 1.76 bits per heavy atom. The molecule has 0 amide bonds. The van der Waals surface area contributed by atoms with Crippen molar-refractivity contribution in [1.82, 2.24) is 9.13 Å². The minimum absolute atomic E-state index is 0.102. The number of aliphatic hydroxyl groups excluding tert-OH is 2. The molecule has 0 radical (unpaired) electrons. The van der Waals surface area contributed by atoms with E-state index < -0.39 is 78.7 Å². The fourth-order valence-corrected chi connectivity index (χ4v) is 6.73. The molecule has 0 saturated carbocycles. The Bertz CT molecular complexity index is 1470. The van der Waals surface area contributed by atoms with E-state index in [0.717, 1.165) is 5.56 Å². The Balaban J connectivity index is 1.25. The van der Waals surface area contributed by atoms with Crippen molar-refractivity contribution >= 4 is 11.0 Å². The second-order valence-electron chi connectivity index (χ2n) is 12.9. The molecule has 0 bridgehead atoms. The van der Waals surface area contributed by atoms with Gasteiger partial charge in [-0.1, -0.05) is 18.2 Å². The molecule has 1 aromatic heterocycles. The van der Waals surface area contributed by atoms with Gasteiger partial charge in [-0.2, -0.15) is 0 Å². The summed E-state index contributed by atoms with van der Waals surface area (Å²) in [7, 11) is 0. The van der Waals surface area contributed by atoms with Gasteiger partial charge in [-0.15, -0.1) is 13.2 Å². The van der Waals surface area contributed by atoms with E-state index in [1.165, 1.54) is 9.13 Å². The highest BCUT2D eigenvalue weighted by atomic mass is 16.9. The predicted molar refractivity (Wildman–Crippen MR) is 160 cm³/mol. The van der Waals surface area contributed by atoms with E-state index >= 15 is 0 Å². The van der Waals surface area contributed by atoms with Gasteiger partial charge < -0.3 is 48.1 Å². The van der Waals surface area contributed by atoms with Crippen molar-refractivity contribution in [3.05, 3.63) is 59.6 Å². The highest BCUT2D eigenvalue weighted by Crippen LogP contribution is 2.41. The summed E-state index contributed by atoms with van der Waals surface area (Å²) in [6.07, 6.45) is -4.66. The van der Waals surface area contributed by atoms with Gasteiger partial charge in [-0.25, -0.2) is 4.79 Å². The number of aryl methyl sites for hydroxylation is 1. The minimum Gasteiger partial charge on any atom is -0.388 e. The zero-order valence-corrected chi connectivity index (χ0v) is 26.4. The molecule has 13 heteroatoms. The fraction of sp³-hybridized carbons (Fsp3) is 0.656. The molecule has 13 nitrogen and oxygen atoms in total. The summed E-state index contributed by atoms with van der Waals surface area (Å²) in [4.78, 5) is 14.0. The number of nitrogens with zero attached hydrogens (tertiary/aromatic N) is 2. The molecule has 6 rings (SSSR count). The predicted octanol–water partition coefficient (Wildman–Crippen LogP) is 1.73. The molecule has 2 unspecified atom stereocenters. The number of aromatic nitrogens is 2. The van der Waals surface area contributed by atoms with Gasteiger partial charge in [0.1, 0.15) is 48.8 Å². The first kappa shape index (κ1) is 32.5. The molecule has 4 aliphatic rings. The van der Waals surface area contributed by atoms with Gasteiger partial charge in [0.2, 0.25) is 0 Å². The van der Waals surface area contributed by atoms with E-state index in [2.05, 4.69) is 13.2 Å². The van der Waals surface area contributed by atoms with Crippen LogP contribution in [0.5, 0.6) is 0 Å². The van der Waals surface area contributed by atoms with Gasteiger partial charge in [0, 0.05) is 0 Å². The summed E-state index contributed by atoms with van der Waals surface area (Å²) >= 11 is 0. The van der Waals surface area contributed by atoms with E-state index in [-0.39, 0.29) is 26.3 Å². The molecule has 2 aromatic rings. The van der Waals surface area contributed by atoms with Crippen LogP contribution in [-0.2, 0) is 51.0 Å².